The first-order valence-electron chi connectivity index (χ1n) is 6.91. The lowest BCUT2D eigenvalue weighted by Crippen LogP contribution is -2.39. The maximum Gasteiger partial charge on any atom is 0.220 e. The Bertz CT molecular complexity index is 254. The molecule has 3 unspecified atom stereocenters. The van der Waals surface area contributed by atoms with Crippen molar-refractivity contribution in [2.75, 3.05) is 18.8 Å². The van der Waals surface area contributed by atoms with Crippen molar-refractivity contribution >= 4 is 17.7 Å². The van der Waals surface area contributed by atoms with Crippen LogP contribution < -0.4 is 10.6 Å². The third kappa shape index (κ3) is 3.88. The molecule has 4 heteroatoms. The van der Waals surface area contributed by atoms with Crippen LogP contribution in [0.3, 0.4) is 0 Å². The minimum absolute atomic E-state index is 0.271. The van der Waals surface area contributed by atoms with Gasteiger partial charge in [0.1, 0.15) is 0 Å². The van der Waals surface area contributed by atoms with Crippen LogP contribution in [-0.4, -0.2) is 36.0 Å². The predicted octanol–water partition coefficient (Wildman–Crippen LogP) is 1.78. The predicted molar refractivity (Wildman–Crippen MR) is 73.3 cm³/mol. The van der Waals surface area contributed by atoms with Gasteiger partial charge >= 0.3 is 0 Å². The molecule has 2 aliphatic rings. The molecule has 2 rings (SSSR count). The van der Waals surface area contributed by atoms with Gasteiger partial charge in [-0.05, 0) is 44.0 Å². The minimum Gasteiger partial charge on any atom is -0.352 e. The first kappa shape index (κ1) is 13.2. The summed E-state index contributed by atoms with van der Waals surface area (Å²) in [5.41, 5.74) is 0. The summed E-state index contributed by atoms with van der Waals surface area (Å²) in [7, 11) is 0. The molecule has 2 N–H and O–H groups in total. The van der Waals surface area contributed by atoms with Crippen molar-refractivity contribution in [1.29, 1.82) is 0 Å². The van der Waals surface area contributed by atoms with Crippen LogP contribution in [0.4, 0.5) is 0 Å². The second-order valence-electron chi connectivity index (χ2n) is 5.16. The Balaban J connectivity index is 1.73. The molecule has 0 aromatic heterocycles. The monoisotopic (exact) mass is 256 g/mol. The quantitative estimate of drug-likeness (QED) is 0.788. The number of amides is 1. The lowest BCUT2D eigenvalue weighted by molar-refractivity contribution is -0.122. The van der Waals surface area contributed by atoms with E-state index in [1.807, 2.05) is 11.8 Å². The molecular formula is C13H24N2OS. The molecule has 0 radical (unpaired) electrons. The lowest BCUT2D eigenvalue weighted by atomic mass is 10.0. The van der Waals surface area contributed by atoms with Crippen LogP contribution >= 0.6 is 11.8 Å². The summed E-state index contributed by atoms with van der Waals surface area (Å²) in [6.45, 7) is 4.30. The number of nitrogens with one attached hydrogen (secondary N) is 2. The molecule has 1 aliphatic carbocycles. The van der Waals surface area contributed by atoms with Crippen molar-refractivity contribution in [1.82, 2.24) is 10.6 Å². The number of rotatable bonds is 5. The highest BCUT2D eigenvalue weighted by Crippen LogP contribution is 2.30. The van der Waals surface area contributed by atoms with E-state index in [1.165, 1.54) is 19.3 Å². The largest absolute Gasteiger partial charge is 0.352 e. The van der Waals surface area contributed by atoms with Gasteiger partial charge in [0, 0.05) is 17.7 Å². The van der Waals surface area contributed by atoms with Crippen molar-refractivity contribution < 1.29 is 4.79 Å². The van der Waals surface area contributed by atoms with Crippen LogP contribution in [-0.2, 0) is 4.79 Å². The summed E-state index contributed by atoms with van der Waals surface area (Å²) < 4.78 is 0. The van der Waals surface area contributed by atoms with Gasteiger partial charge in [0.2, 0.25) is 5.91 Å². The third-order valence-corrected chi connectivity index (χ3v) is 5.14. The van der Waals surface area contributed by atoms with E-state index in [9.17, 15) is 4.79 Å². The molecular weight excluding hydrogens is 232 g/mol. The van der Waals surface area contributed by atoms with E-state index in [0.717, 1.165) is 25.3 Å². The molecule has 1 heterocycles. The number of thioether (sulfide) groups is 1. The van der Waals surface area contributed by atoms with Gasteiger partial charge in [-0.3, -0.25) is 4.79 Å². The molecule has 1 saturated heterocycles. The molecule has 17 heavy (non-hydrogen) atoms. The van der Waals surface area contributed by atoms with Gasteiger partial charge in [0.05, 0.1) is 0 Å². The smallest absolute Gasteiger partial charge is 0.220 e. The highest BCUT2D eigenvalue weighted by molar-refractivity contribution is 7.99. The first-order valence-corrected chi connectivity index (χ1v) is 7.96. The number of carbonyl (C=O) groups is 1. The highest BCUT2D eigenvalue weighted by atomic mass is 32.2. The molecule has 0 aromatic carbocycles. The standard InChI is InChI=1S/C13H24N2OS/c1-2-17-12-5-3-4-11(12)15-13(16)8-10-6-7-14-9-10/h10-12,14H,2-9H2,1H3,(H,15,16). The average Bonchev–Trinajstić information content (AvgIpc) is 2.92. The fraction of sp³-hybridized carbons (Fsp3) is 0.923. The zero-order valence-corrected chi connectivity index (χ0v) is 11.5. The molecule has 3 nitrogen and oxygen atoms in total. The summed E-state index contributed by atoms with van der Waals surface area (Å²) in [5, 5.41) is 7.23. The van der Waals surface area contributed by atoms with Gasteiger partial charge in [-0.15, -0.1) is 0 Å². The number of hydrogen-bond acceptors (Lipinski definition) is 3. The summed E-state index contributed by atoms with van der Waals surface area (Å²) in [5.74, 6) is 1.99. The zero-order valence-electron chi connectivity index (χ0n) is 10.7. The average molecular weight is 256 g/mol. The van der Waals surface area contributed by atoms with E-state index in [4.69, 9.17) is 0 Å². The summed E-state index contributed by atoms with van der Waals surface area (Å²) in [6.07, 6.45) is 5.59. The Labute approximate surface area is 108 Å². The molecule has 0 aromatic rings. The van der Waals surface area contributed by atoms with Crippen LogP contribution in [0.25, 0.3) is 0 Å². The highest BCUT2D eigenvalue weighted by Gasteiger charge is 2.29. The Morgan fingerprint density at radius 1 is 1.41 bits per heavy atom. The molecule has 1 aliphatic heterocycles. The SMILES string of the molecule is CCSC1CCCC1NC(=O)CC1CCNC1. The topological polar surface area (TPSA) is 41.1 Å². The van der Waals surface area contributed by atoms with Crippen LogP contribution in [0.5, 0.6) is 0 Å². The summed E-state index contributed by atoms with van der Waals surface area (Å²) >= 11 is 2.00. The fourth-order valence-corrected chi connectivity index (χ4v) is 4.12. The minimum atomic E-state index is 0.271. The van der Waals surface area contributed by atoms with Crippen molar-refractivity contribution in [3.8, 4) is 0 Å². The van der Waals surface area contributed by atoms with Gasteiger partial charge in [-0.25, -0.2) is 0 Å². The lowest BCUT2D eigenvalue weighted by Gasteiger charge is -2.21. The second-order valence-corrected chi connectivity index (χ2v) is 6.68. The van der Waals surface area contributed by atoms with Gasteiger partial charge < -0.3 is 10.6 Å². The molecule has 98 valence electrons. The van der Waals surface area contributed by atoms with E-state index >= 15 is 0 Å². The zero-order chi connectivity index (χ0) is 12.1. The maximum atomic E-state index is 12.0. The van der Waals surface area contributed by atoms with E-state index in [-0.39, 0.29) is 5.91 Å². The molecule has 1 saturated carbocycles. The van der Waals surface area contributed by atoms with Crippen LogP contribution in [0, 0.1) is 5.92 Å². The number of carbonyl (C=O) groups excluding carboxylic acids is 1. The van der Waals surface area contributed by atoms with E-state index in [0.29, 0.717) is 23.6 Å². The van der Waals surface area contributed by atoms with E-state index < -0.39 is 0 Å². The Morgan fingerprint density at radius 2 is 2.29 bits per heavy atom. The molecule has 0 spiro atoms. The van der Waals surface area contributed by atoms with Gasteiger partial charge in [0.15, 0.2) is 0 Å². The number of hydrogen-bond donors (Lipinski definition) is 2. The van der Waals surface area contributed by atoms with Crippen molar-refractivity contribution in [2.45, 2.75) is 50.3 Å². The van der Waals surface area contributed by atoms with Gasteiger partial charge in [-0.1, -0.05) is 13.3 Å². The maximum absolute atomic E-state index is 12.0. The van der Waals surface area contributed by atoms with Crippen molar-refractivity contribution in [3.63, 3.8) is 0 Å². The Morgan fingerprint density at radius 3 is 3.00 bits per heavy atom. The fourth-order valence-electron chi connectivity index (χ4n) is 2.92. The second kappa shape index (κ2) is 6.64. The van der Waals surface area contributed by atoms with Crippen LogP contribution in [0.2, 0.25) is 0 Å². The molecule has 3 atom stereocenters. The van der Waals surface area contributed by atoms with Gasteiger partial charge in [-0.2, -0.15) is 11.8 Å². The normalized spacial score (nSPS) is 32.9. The Hall–Kier alpha value is -0.220. The third-order valence-electron chi connectivity index (χ3n) is 3.82. The summed E-state index contributed by atoms with van der Waals surface area (Å²) in [4.78, 5) is 12.0. The summed E-state index contributed by atoms with van der Waals surface area (Å²) in [6, 6.07) is 0.432. The van der Waals surface area contributed by atoms with Crippen LogP contribution in [0.1, 0.15) is 39.0 Å². The van der Waals surface area contributed by atoms with Crippen LogP contribution in [0.15, 0.2) is 0 Å². The van der Waals surface area contributed by atoms with E-state index in [1.54, 1.807) is 0 Å². The van der Waals surface area contributed by atoms with E-state index in [2.05, 4.69) is 17.6 Å². The molecule has 0 bridgehead atoms. The van der Waals surface area contributed by atoms with Crippen molar-refractivity contribution in [3.05, 3.63) is 0 Å². The first-order chi connectivity index (χ1) is 8.29. The molecule has 1 amide bonds. The van der Waals surface area contributed by atoms with Gasteiger partial charge in [0.25, 0.3) is 0 Å². The van der Waals surface area contributed by atoms with Crippen molar-refractivity contribution in [2.24, 2.45) is 5.92 Å². The molecule has 2 fully saturated rings. The Kier molecular flexibility index (Phi) is 5.16.